The molecule has 0 bridgehead atoms. The van der Waals surface area contributed by atoms with Crippen molar-refractivity contribution in [2.45, 2.75) is 25.3 Å². The van der Waals surface area contributed by atoms with E-state index in [4.69, 9.17) is 5.73 Å². The Kier molecular flexibility index (Phi) is 6.51. The minimum atomic E-state index is -3.62. The van der Waals surface area contributed by atoms with Crippen LogP contribution in [-0.4, -0.2) is 67.3 Å². The number of guanidine groups is 1. The number of nitrogens with two attached hydrogens (primary N) is 1. The Labute approximate surface area is 187 Å². The SMILES string of the molecule is COC/C(F)=C(\N=C(C)N1C[C@H]2C(=O)N(C)C(N)=N[C@@]2(c2ccc(F)cc2F)C1)C(C)(F)F. The van der Waals surface area contributed by atoms with Crippen molar-refractivity contribution >= 4 is 17.7 Å². The summed E-state index contributed by atoms with van der Waals surface area (Å²) in [7, 11) is 2.55. The van der Waals surface area contributed by atoms with Gasteiger partial charge in [-0.3, -0.25) is 9.69 Å². The molecule has 1 amide bonds. The van der Waals surface area contributed by atoms with E-state index in [2.05, 4.69) is 14.7 Å². The maximum Gasteiger partial charge on any atom is 0.289 e. The van der Waals surface area contributed by atoms with Crippen LogP contribution >= 0.6 is 0 Å². The number of benzene rings is 1. The summed E-state index contributed by atoms with van der Waals surface area (Å²) in [6, 6.07) is 2.87. The number of halogens is 5. The molecule has 2 aliphatic rings. The van der Waals surface area contributed by atoms with Crippen LogP contribution in [0.4, 0.5) is 22.0 Å². The van der Waals surface area contributed by atoms with Crippen molar-refractivity contribution in [1.82, 2.24) is 9.80 Å². The van der Waals surface area contributed by atoms with Gasteiger partial charge in [0.1, 0.15) is 35.3 Å². The Balaban J connectivity index is 2.11. The van der Waals surface area contributed by atoms with E-state index in [1.165, 1.54) is 24.9 Å². The molecule has 1 aromatic rings. The van der Waals surface area contributed by atoms with Crippen molar-refractivity contribution in [3.05, 3.63) is 46.9 Å². The summed E-state index contributed by atoms with van der Waals surface area (Å²) in [4.78, 5) is 23.7. The van der Waals surface area contributed by atoms with Crippen molar-refractivity contribution in [1.29, 1.82) is 0 Å². The summed E-state index contributed by atoms with van der Waals surface area (Å²) in [5.74, 6) is -8.30. The quantitative estimate of drug-likeness (QED) is 0.405. The molecule has 12 heteroatoms. The van der Waals surface area contributed by atoms with Gasteiger partial charge in [0, 0.05) is 45.8 Å². The van der Waals surface area contributed by atoms with Gasteiger partial charge in [0.05, 0.1) is 5.92 Å². The Bertz CT molecular complexity index is 1050. The molecule has 0 radical (unpaired) electrons. The third kappa shape index (κ3) is 4.43. The minimum Gasteiger partial charge on any atom is -0.378 e. The molecule has 2 atom stereocenters. The van der Waals surface area contributed by atoms with Gasteiger partial charge in [-0.05, 0) is 13.0 Å². The number of ether oxygens (including phenoxy) is 1. The summed E-state index contributed by atoms with van der Waals surface area (Å²) in [6.45, 7) is 0.897. The second kappa shape index (κ2) is 8.73. The molecule has 2 N–H and O–H groups in total. The standard InChI is InChI=1S/C21H24F5N5O2/c1-11(28-17(20(2,25)26)16(24)9-33-4)31-8-14-18(32)30(3)19(27)29-21(14,10-31)13-6-5-12(22)7-15(13)23/h5-7,14H,8-10H2,1-4H3,(H2,27,29)/b17-16+,28-11?/t14-,21+/m0/s1. The zero-order chi connectivity index (χ0) is 24.7. The molecule has 1 saturated heterocycles. The Morgan fingerprint density at radius 2 is 2.06 bits per heavy atom. The van der Waals surface area contributed by atoms with E-state index in [9.17, 15) is 26.7 Å². The Morgan fingerprint density at radius 3 is 2.64 bits per heavy atom. The second-order valence-corrected chi connectivity index (χ2v) is 8.08. The maximum absolute atomic E-state index is 14.8. The fourth-order valence-electron chi connectivity index (χ4n) is 4.10. The fraction of sp³-hybridized carbons (Fsp3) is 0.476. The van der Waals surface area contributed by atoms with Gasteiger partial charge in [-0.1, -0.05) is 6.07 Å². The highest BCUT2D eigenvalue weighted by molar-refractivity contribution is 6.01. The van der Waals surface area contributed by atoms with Gasteiger partial charge >= 0.3 is 0 Å². The van der Waals surface area contributed by atoms with Crippen LogP contribution in [0.3, 0.4) is 0 Å². The van der Waals surface area contributed by atoms with Crippen molar-refractivity contribution in [2.75, 3.05) is 33.9 Å². The van der Waals surface area contributed by atoms with Gasteiger partial charge in [-0.15, -0.1) is 0 Å². The monoisotopic (exact) mass is 473 g/mol. The number of likely N-dealkylation sites (tertiary alicyclic amines) is 1. The molecule has 2 aliphatic heterocycles. The van der Waals surface area contributed by atoms with Crippen LogP contribution < -0.4 is 5.73 Å². The first-order chi connectivity index (χ1) is 15.3. The van der Waals surface area contributed by atoms with Gasteiger partial charge in [0.15, 0.2) is 11.8 Å². The number of allylic oxidation sites excluding steroid dienone is 1. The highest BCUT2D eigenvalue weighted by Gasteiger charge is 2.56. The third-order valence-corrected chi connectivity index (χ3v) is 5.77. The molecule has 0 spiro atoms. The summed E-state index contributed by atoms with van der Waals surface area (Å²) in [6.07, 6.45) is 0. The van der Waals surface area contributed by atoms with Crippen molar-refractivity contribution in [3.63, 3.8) is 0 Å². The molecule has 0 aromatic heterocycles. The first kappa shape index (κ1) is 24.6. The predicted molar refractivity (Wildman–Crippen MR) is 111 cm³/mol. The van der Waals surface area contributed by atoms with E-state index in [-0.39, 0.29) is 30.4 Å². The van der Waals surface area contributed by atoms with Gasteiger partial charge in [-0.2, -0.15) is 8.78 Å². The molecule has 3 rings (SSSR count). The van der Waals surface area contributed by atoms with Crippen LogP contribution in [0.2, 0.25) is 0 Å². The van der Waals surface area contributed by atoms with E-state index < -0.39 is 53.1 Å². The molecule has 0 unspecified atom stereocenters. The van der Waals surface area contributed by atoms with Crippen LogP contribution in [0, 0.1) is 17.6 Å². The van der Waals surface area contributed by atoms with E-state index >= 15 is 0 Å². The smallest absolute Gasteiger partial charge is 0.289 e. The summed E-state index contributed by atoms with van der Waals surface area (Å²) in [5.41, 5.74) is 3.16. The summed E-state index contributed by atoms with van der Waals surface area (Å²) in [5, 5.41) is 0. The highest BCUT2D eigenvalue weighted by atomic mass is 19.3. The largest absolute Gasteiger partial charge is 0.378 e. The molecule has 7 nitrogen and oxygen atoms in total. The number of nitrogens with zero attached hydrogens (tertiary/aromatic N) is 4. The fourth-order valence-corrected chi connectivity index (χ4v) is 4.10. The van der Waals surface area contributed by atoms with Gasteiger partial charge in [0.25, 0.3) is 5.92 Å². The molecule has 180 valence electrons. The zero-order valence-electron chi connectivity index (χ0n) is 18.5. The van der Waals surface area contributed by atoms with Crippen molar-refractivity contribution in [3.8, 4) is 0 Å². The van der Waals surface area contributed by atoms with Crippen LogP contribution in [0.25, 0.3) is 0 Å². The zero-order valence-corrected chi connectivity index (χ0v) is 18.5. The topological polar surface area (TPSA) is 83.5 Å². The average molecular weight is 473 g/mol. The van der Waals surface area contributed by atoms with Gasteiger partial charge in [-0.25, -0.2) is 23.2 Å². The number of amides is 1. The number of alkyl halides is 2. The lowest BCUT2D eigenvalue weighted by atomic mass is 9.79. The molecular weight excluding hydrogens is 449 g/mol. The molecule has 1 fully saturated rings. The molecule has 1 aromatic carbocycles. The van der Waals surface area contributed by atoms with E-state index in [1.807, 2.05) is 0 Å². The highest BCUT2D eigenvalue weighted by Crippen LogP contribution is 2.45. The van der Waals surface area contributed by atoms with E-state index in [0.29, 0.717) is 13.0 Å². The number of aliphatic imine (C=N–C) groups is 2. The first-order valence-corrected chi connectivity index (χ1v) is 9.96. The second-order valence-electron chi connectivity index (χ2n) is 8.08. The van der Waals surface area contributed by atoms with Crippen LogP contribution in [0.1, 0.15) is 19.4 Å². The number of hydrogen-bond acceptors (Lipinski definition) is 5. The number of carbonyl (C=O) groups excluding carboxylic acids is 1. The van der Waals surface area contributed by atoms with Gasteiger partial charge in [0.2, 0.25) is 5.91 Å². The number of methoxy groups -OCH3 is 1. The molecule has 0 aliphatic carbocycles. The number of hydrogen-bond donors (Lipinski definition) is 1. The van der Waals surface area contributed by atoms with Crippen molar-refractivity contribution < 1.29 is 31.5 Å². The first-order valence-electron chi connectivity index (χ1n) is 9.96. The molecule has 2 heterocycles. The number of fused-ring (bicyclic) bond motifs is 1. The number of rotatable bonds is 5. The van der Waals surface area contributed by atoms with Gasteiger partial charge < -0.3 is 15.4 Å². The summed E-state index contributed by atoms with van der Waals surface area (Å²) >= 11 is 0. The lowest BCUT2D eigenvalue weighted by Gasteiger charge is -2.37. The van der Waals surface area contributed by atoms with E-state index in [1.54, 1.807) is 0 Å². The van der Waals surface area contributed by atoms with Crippen LogP contribution in [0.15, 0.2) is 39.7 Å². The molecule has 0 saturated carbocycles. The number of carbonyl (C=O) groups is 1. The van der Waals surface area contributed by atoms with Crippen molar-refractivity contribution in [2.24, 2.45) is 21.6 Å². The van der Waals surface area contributed by atoms with E-state index in [0.717, 1.165) is 18.1 Å². The van der Waals surface area contributed by atoms with Crippen LogP contribution in [-0.2, 0) is 15.1 Å². The molecule has 33 heavy (non-hydrogen) atoms. The third-order valence-electron chi connectivity index (χ3n) is 5.77. The average Bonchev–Trinajstić information content (AvgIpc) is 3.09. The normalized spacial score (nSPS) is 24.6. The molecular formula is C21H24F5N5O2. The Hall–Kier alpha value is -3.02. The lowest BCUT2D eigenvalue weighted by Crippen LogP contribution is -2.54. The predicted octanol–water partition coefficient (Wildman–Crippen LogP) is 2.78. The summed E-state index contributed by atoms with van der Waals surface area (Å²) < 4.78 is 75.3. The van der Waals surface area contributed by atoms with Crippen LogP contribution in [0.5, 0.6) is 0 Å². The lowest BCUT2D eigenvalue weighted by molar-refractivity contribution is -0.132. The Morgan fingerprint density at radius 1 is 1.39 bits per heavy atom. The maximum atomic E-state index is 14.8. The minimum absolute atomic E-state index is 0.0432. The number of amidine groups is 1.